The van der Waals surface area contributed by atoms with Crippen molar-refractivity contribution < 1.29 is 14.3 Å². The zero-order chi connectivity index (χ0) is 34.9. The minimum atomic E-state index is -1.26. The summed E-state index contributed by atoms with van der Waals surface area (Å²) in [5.74, 6) is 0.712. The molecule has 8 nitrogen and oxygen atoms in total. The van der Waals surface area contributed by atoms with E-state index < -0.39 is 11.6 Å². The van der Waals surface area contributed by atoms with E-state index in [0.717, 1.165) is 53.6 Å². The van der Waals surface area contributed by atoms with Crippen molar-refractivity contribution in [1.29, 1.82) is 0 Å². The molecule has 1 unspecified atom stereocenters. The van der Waals surface area contributed by atoms with E-state index >= 15 is 0 Å². The molecule has 0 aliphatic carbocycles. The molecule has 1 aliphatic rings. The second-order valence-electron chi connectivity index (χ2n) is 13.8. The van der Waals surface area contributed by atoms with Crippen LogP contribution in [-0.2, 0) is 5.41 Å². The Morgan fingerprint density at radius 1 is 0.857 bits per heavy atom. The van der Waals surface area contributed by atoms with Gasteiger partial charge in [-0.25, -0.2) is 9.48 Å². The van der Waals surface area contributed by atoms with Crippen LogP contribution in [0.1, 0.15) is 62.2 Å². The summed E-state index contributed by atoms with van der Waals surface area (Å²) in [6.07, 6.45) is 1.50. The molecule has 0 radical (unpaired) electrons. The second-order valence-corrected chi connectivity index (χ2v) is 14.6. The fraction of sp³-hybridized carbons (Fsp3) is 0.308. The summed E-state index contributed by atoms with van der Waals surface area (Å²) in [4.78, 5) is 27.9. The average Bonchev–Trinajstić information content (AvgIpc) is 3.50. The number of nitrogens with one attached hydrogen (secondary N) is 3. The Hall–Kier alpha value is -4.37. The van der Waals surface area contributed by atoms with Gasteiger partial charge in [-0.1, -0.05) is 92.0 Å². The highest BCUT2D eigenvalue weighted by atomic mass is 35.5. The number of anilines is 2. The lowest BCUT2D eigenvalue weighted by atomic mass is 9.77. The number of halogens is 2. The van der Waals surface area contributed by atoms with E-state index in [1.54, 1.807) is 35.0 Å². The van der Waals surface area contributed by atoms with Crippen LogP contribution >= 0.6 is 23.2 Å². The number of Topliss-reactive ketones (excluding diaryl/α,β-unsaturated/α-hetero) is 1. The lowest BCUT2D eigenvalue weighted by Gasteiger charge is -2.39. The summed E-state index contributed by atoms with van der Waals surface area (Å²) < 4.78 is 8.56. The number of aromatic nitrogens is 2. The van der Waals surface area contributed by atoms with Gasteiger partial charge in [0.05, 0.1) is 32.7 Å². The van der Waals surface area contributed by atoms with Crippen molar-refractivity contribution >= 4 is 57.3 Å². The Labute approximate surface area is 297 Å². The van der Waals surface area contributed by atoms with Crippen LogP contribution in [-0.4, -0.2) is 40.3 Å². The van der Waals surface area contributed by atoms with Crippen molar-refractivity contribution in [3.8, 4) is 11.4 Å². The first-order chi connectivity index (χ1) is 23.3. The van der Waals surface area contributed by atoms with Gasteiger partial charge in [0.2, 0.25) is 5.78 Å². The van der Waals surface area contributed by atoms with Gasteiger partial charge in [0, 0.05) is 28.2 Å². The summed E-state index contributed by atoms with van der Waals surface area (Å²) in [7, 11) is 0. The maximum atomic E-state index is 14.4. The average molecular weight is 699 g/mol. The molecule has 1 saturated heterocycles. The number of hydrogen-bond acceptors (Lipinski definition) is 5. The SMILES string of the molecule is Cc1ccc(-n2nc(C(C)(C)C)cc2NC(=O)Nc2ccc(OC(C)(C(=O)c3c(Cl)cccc3Cl)C3CCNCC3)c3ccccc23)cc1. The predicted molar refractivity (Wildman–Crippen MR) is 199 cm³/mol. The number of urea groups is 1. The number of piperidine rings is 1. The molecule has 6 rings (SSSR count). The molecule has 1 aliphatic heterocycles. The third-order valence-corrected chi connectivity index (χ3v) is 9.84. The molecule has 1 atom stereocenters. The Kier molecular flexibility index (Phi) is 9.76. The lowest BCUT2D eigenvalue weighted by Crippen LogP contribution is -2.52. The number of aryl methyl sites for hydroxylation is 1. The quantitative estimate of drug-likeness (QED) is 0.140. The zero-order valence-electron chi connectivity index (χ0n) is 28.4. The molecule has 0 bridgehead atoms. The van der Waals surface area contributed by atoms with Crippen LogP contribution in [0.4, 0.5) is 16.3 Å². The first-order valence-corrected chi connectivity index (χ1v) is 17.3. The number of nitrogens with zero attached hydrogens (tertiary/aromatic N) is 2. The number of benzene rings is 4. The lowest BCUT2D eigenvalue weighted by molar-refractivity contribution is 0.0168. The first kappa shape index (κ1) is 34.5. The maximum Gasteiger partial charge on any atom is 0.324 e. The molecule has 4 aromatic carbocycles. The van der Waals surface area contributed by atoms with Crippen molar-refractivity contribution in [2.24, 2.45) is 5.92 Å². The number of hydrogen-bond donors (Lipinski definition) is 3. The van der Waals surface area contributed by atoms with Crippen molar-refractivity contribution in [3.05, 3.63) is 112 Å². The van der Waals surface area contributed by atoms with Crippen LogP contribution in [0, 0.1) is 12.8 Å². The number of ketones is 1. The van der Waals surface area contributed by atoms with Gasteiger partial charge in [-0.3, -0.25) is 10.1 Å². The summed E-state index contributed by atoms with van der Waals surface area (Å²) in [6, 6.07) is 25.8. The fourth-order valence-electron chi connectivity index (χ4n) is 6.34. The Bertz CT molecular complexity index is 1990. The number of fused-ring (bicyclic) bond motifs is 1. The molecule has 2 heterocycles. The topological polar surface area (TPSA) is 97.3 Å². The monoisotopic (exact) mass is 697 g/mol. The predicted octanol–water partition coefficient (Wildman–Crippen LogP) is 9.60. The number of rotatable bonds is 8. The molecular weight excluding hydrogens is 657 g/mol. The summed E-state index contributed by atoms with van der Waals surface area (Å²) in [6.45, 7) is 11.7. The normalized spacial score (nSPS) is 15.1. The van der Waals surface area contributed by atoms with Crippen LogP contribution < -0.4 is 20.7 Å². The van der Waals surface area contributed by atoms with Crippen LogP contribution in [0.15, 0.2) is 84.9 Å². The van der Waals surface area contributed by atoms with Gasteiger partial charge in [0.25, 0.3) is 0 Å². The number of carbonyl (C=O) groups is 2. The van der Waals surface area contributed by atoms with Crippen molar-refractivity contribution in [1.82, 2.24) is 15.1 Å². The Morgan fingerprint density at radius 3 is 2.16 bits per heavy atom. The first-order valence-electron chi connectivity index (χ1n) is 16.5. The van der Waals surface area contributed by atoms with E-state index in [1.807, 2.05) is 68.4 Å². The highest BCUT2D eigenvalue weighted by molar-refractivity contribution is 6.40. The van der Waals surface area contributed by atoms with Gasteiger partial charge in [0.15, 0.2) is 5.60 Å². The highest BCUT2D eigenvalue weighted by Crippen LogP contribution is 2.41. The maximum absolute atomic E-state index is 14.4. The third-order valence-electron chi connectivity index (χ3n) is 9.21. The van der Waals surface area contributed by atoms with Gasteiger partial charge in [-0.05, 0) is 76.2 Å². The minimum absolute atomic E-state index is 0.0905. The summed E-state index contributed by atoms with van der Waals surface area (Å²) in [5.41, 5.74) is 2.17. The van der Waals surface area contributed by atoms with Gasteiger partial charge < -0.3 is 15.4 Å². The van der Waals surface area contributed by atoms with E-state index in [1.165, 1.54) is 0 Å². The molecule has 254 valence electrons. The third kappa shape index (κ3) is 7.18. The second kappa shape index (κ2) is 13.9. The minimum Gasteiger partial charge on any atom is -0.478 e. The van der Waals surface area contributed by atoms with Crippen LogP contribution in [0.2, 0.25) is 10.0 Å². The molecule has 10 heteroatoms. The number of ether oxygens (including phenoxy) is 1. The molecule has 5 aromatic rings. The van der Waals surface area contributed by atoms with E-state index in [4.69, 9.17) is 33.0 Å². The molecule has 49 heavy (non-hydrogen) atoms. The zero-order valence-corrected chi connectivity index (χ0v) is 29.9. The smallest absolute Gasteiger partial charge is 0.324 e. The van der Waals surface area contributed by atoms with Crippen molar-refractivity contribution in [2.45, 2.75) is 58.5 Å². The molecule has 0 spiro atoms. The fourth-order valence-corrected chi connectivity index (χ4v) is 6.91. The molecule has 2 amide bonds. The molecular formula is C39H41Cl2N5O3. The van der Waals surface area contributed by atoms with Crippen molar-refractivity contribution in [3.63, 3.8) is 0 Å². The van der Waals surface area contributed by atoms with Crippen LogP contribution in [0.3, 0.4) is 0 Å². The van der Waals surface area contributed by atoms with Crippen molar-refractivity contribution in [2.75, 3.05) is 23.7 Å². The van der Waals surface area contributed by atoms with E-state index in [9.17, 15) is 9.59 Å². The summed E-state index contributed by atoms with van der Waals surface area (Å²) >= 11 is 13.1. The van der Waals surface area contributed by atoms with Gasteiger partial charge >= 0.3 is 6.03 Å². The van der Waals surface area contributed by atoms with Gasteiger partial charge in [-0.15, -0.1) is 0 Å². The standard InChI is InChI=1S/C39H41Cl2N5O3/c1-24-13-15-26(16-14-24)46-34(23-33(45-46)38(2,3)4)44-37(48)43-31-17-18-32(28-10-7-6-9-27(28)31)49-39(5,25-19-21-42-22-20-25)36(47)35-29(40)11-8-12-30(35)41/h6-18,23,25,42H,19-22H2,1-5H3,(H2,43,44,48). The number of amides is 2. The van der Waals surface area contributed by atoms with Crippen LogP contribution in [0.25, 0.3) is 16.5 Å². The van der Waals surface area contributed by atoms with Gasteiger partial charge in [-0.2, -0.15) is 5.10 Å². The molecule has 0 saturated carbocycles. The Balaban J connectivity index is 1.32. The molecule has 1 aromatic heterocycles. The number of carbonyl (C=O) groups excluding carboxylic acids is 2. The largest absolute Gasteiger partial charge is 0.478 e. The molecule has 3 N–H and O–H groups in total. The van der Waals surface area contributed by atoms with E-state index in [-0.39, 0.29) is 32.7 Å². The Morgan fingerprint density at radius 2 is 1.51 bits per heavy atom. The summed E-state index contributed by atoms with van der Waals surface area (Å²) in [5, 5.41) is 16.3. The van der Waals surface area contributed by atoms with Gasteiger partial charge in [0.1, 0.15) is 11.6 Å². The highest BCUT2D eigenvalue weighted by Gasteiger charge is 2.46. The van der Waals surface area contributed by atoms with Crippen LogP contribution in [0.5, 0.6) is 5.75 Å². The molecule has 1 fully saturated rings. The van der Waals surface area contributed by atoms with E-state index in [0.29, 0.717) is 17.3 Å². The van der Waals surface area contributed by atoms with E-state index in [2.05, 4.69) is 36.7 Å².